The Bertz CT molecular complexity index is 876. The summed E-state index contributed by atoms with van der Waals surface area (Å²) in [7, 11) is 0. The van der Waals surface area contributed by atoms with Gasteiger partial charge >= 0.3 is 12.4 Å². The van der Waals surface area contributed by atoms with Gasteiger partial charge in [-0.25, -0.2) is 10.9 Å². The number of hydrogen-bond acceptors (Lipinski definition) is 7. The molecule has 210 valence electrons. The van der Waals surface area contributed by atoms with Crippen LogP contribution in [0.4, 0.5) is 26.3 Å². The van der Waals surface area contributed by atoms with Gasteiger partial charge in [-0.1, -0.05) is 30.3 Å². The van der Waals surface area contributed by atoms with E-state index in [9.17, 15) is 31.4 Å². The number of hydrazine groups is 1. The lowest BCUT2D eigenvalue weighted by Crippen LogP contribution is -2.61. The number of piperidine rings is 1. The van der Waals surface area contributed by atoms with Crippen molar-refractivity contribution < 1.29 is 45.7 Å². The average Bonchev–Trinajstić information content (AvgIpc) is 3.30. The number of halogens is 6. The molecular formula is C24H33F6N3O4. The SMILES string of the molecule is C[C@@H]1CC(O)CCC[C@](OCc2ccccc2)(C(F)(F)F)C2NNC(O2)C2CCC(C(F)(F)F)C(N2)O1. The fourth-order valence-corrected chi connectivity index (χ4v) is 5.27. The van der Waals surface area contributed by atoms with E-state index in [2.05, 4.69) is 16.2 Å². The molecule has 0 amide bonds. The van der Waals surface area contributed by atoms with Crippen LogP contribution in [0.5, 0.6) is 0 Å². The van der Waals surface area contributed by atoms with Gasteiger partial charge in [0.1, 0.15) is 12.5 Å². The molecule has 8 atom stereocenters. The van der Waals surface area contributed by atoms with Crippen LogP contribution in [0.3, 0.4) is 0 Å². The van der Waals surface area contributed by atoms with Crippen LogP contribution in [0.2, 0.25) is 0 Å². The smallest absolute Gasteiger partial charge is 0.393 e. The number of nitrogens with one attached hydrogen (secondary N) is 3. The minimum atomic E-state index is -4.86. The van der Waals surface area contributed by atoms with Crippen LogP contribution in [0.15, 0.2) is 30.3 Å². The Kier molecular flexibility index (Phi) is 8.73. The van der Waals surface area contributed by atoms with Crippen molar-refractivity contribution in [1.29, 1.82) is 0 Å². The van der Waals surface area contributed by atoms with Gasteiger partial charge in [-0.05, 0) is 51.0 Å². The predicted molar refractivity (Wildman–Crippen MR) is 119 cm³/mol. The minimum Gasteiger partial charge on any atom is -0.393 e. The number of aliphatic hydroxyl groups is 1. The lowest BCUT2D eigenvalue weighted by Gasteiger charge is -2.42. The third-order valence-corrected chi connectivity index (χ3v) is 7.27. The van der Waals surface area contributed by atoms with E-state index in [1.165, 1.54) is 0 Å². The van der Waals surface area contributed by atoms with Crippen molar-refractivity contribution in [3.8, 4) is 0 Å². The molecule has 4 N–H and O–H groups in total. The standard InChI is InChI=1S/C24H33F6N3O4/c1-14-12-16(34)8-5-11-22(24(28,29)30,35-13-15-6-3-2-4-7-15)21-33-32-20(37-21)18-10-9-17(23(25,26)27)19(31-18)36-14/h2-4,6-7,14,16-21,31-34H,5,8-13H2,1H3/t14-,16?,17?,18?,19?,20?,21?,22-/m1/s1. The van der Waals surface area contributed by atoms with E-state index in [1.54, 1.807) is 37.3 Å². The molecule has 0 saturated carbocycles. The molecule has 0 aromatic heterocycles. The first-order chi connectivity index (χ1) is 17.4. The molecule has 37 heavy (non-hydrogen) atoms. The number of benzene rings is 1. The zero-order valence-corrected chi connectivity index (χ0v) is 20.3. The topological polar surface area (TPSA) is 84.0 Å². The Balaban J connectivity index is 1.62. The van der Waals surface area contributed by atoms with Gasteiger partial charge in [0.25, 0.3) is 0 Å². The summed E-state index contributed by atoms with van der Waals surface area (Å²) in [4.78, 5) is 0. The molecule has 4 rings (SSSR count). The number of fused-ring (bicyclic) bond motifs is 5. The second-order valence-corrected chi connectivity index (χ2v) is 10.0. The van der Waals surface area contributed by atoms with Crippen molar-refractivity contribution in [2.24, 2.45) is 5.92 Å². The number of alkyl halides is 6. The summed E-state index contributed by atoms with van der Waals surface area (Å²) in [5.74, 6) is -1.80. The largest absolute Gasteiger partial charge is 0.421 e. The highest BCUT2D eigenvalue weighted by atomic mass is 19.4. The number of hydrogen-bond donors (Lipinski definition) is 4. The third-order valence-electron chi connectivity index (χ3n) is 7.27. The van der Waals surface area contributed by atoms with Gasteiger partial charge in [-0.15, -0.1) is 0 Å². The fourth-order valence-electron chi connectivity index (χ4n) is 5.27. The van der Waals surface area contributed by atoms with Gasteiger partial charge in [0.2, 0.25) is 5.60 Å². The summed E-state index contributed by atoms with van der Waals surface area (Å²) >= 11 is 0. The van der Waals surface area contributed by atoms with E-state index in [4.69, 9.17) is 14.2 Å². The number of rotatable bonds is 3. The number of ether oxygens (including phenoxy) is 3. The Hall–Kier alpha value is -1.48. The van der Waals surface area contributed by atoms with Crippen LogP contribution < -0.4 is 16.2 Å². The summed E-state index contributed by atoms with van der Waals surface area (Å²) < 4.78 is 102. The minimum absolute atomic E-state index is 0.00298. The van der Waals surface area contributed by atoms with Gasteiger partial charge in [0.05, 0.1) is 30.8 Å². The van der Waals surface area contributed by atoms with E-state index < -0.39 is 67.2 Å². The van der Waals surface area contributed by atoms with Crippen LogP contribution in [0.25, 0.3) is 0 Å². The van der Waals surface area contributed by atoms with Crippen molar-refractivity contribution >= 4 is 0 Å². The Morgan fingerprint density at radius 3 is 2.41 bits per heavy atom. The van der Waals surface area contributed by atoms with E-state index in [0.717, 1.165) is 0 Å². The molecule has 6 unspecified atom stereocenters. The Labute approximate surface area is 211 Å². The zero-order chi connectivity index (χ0) is 26.8. The number of aliphatic hydroxyl groups excluding tert-OH is 1. The van der Waals surface area contributed by atoms with Gasteiger partial charge < -0.3 is 19.3 Å². The summed E-state index contributed by atoms with van der Waals surface area (Å²) in [6, 6.07) is 7.64. The normalized spacial score (nSPS) is 38.2. The first-order valence-corrected chi connectivity index (χ1v) is 12.5. The van der Waals surface area contributed by atoms with E-state index >= 15 is 0 Å². The van der Waals surface area contributed by atoms with E-state index in [1.807, 2.05) is 0 Å². The molecule has 1 aromatic rings. The van der Waals surface area contributed by atoms with Gasteiger partial charge in [-0.2, -0.15) is 26.3 Å². The maximum absolute atomic E-state index is 14.7. The van der Waals surface area contributed by atoms with E-state index in [-0.39, 0.29) is 38.7 Å². The maximum Gasteiger partial charge on any atom is 0.421 e. The summed E-state index contributed by atoms with van der Waals surface area (Å²) in [5.41, 5.74) is 2.98. The highest BCUT2D eigenvalue weighted by molar-refractivity contribution is 5.14. The summed E-state index contributed by atoms with van der Waals surface area (Å²) in [6.45, 7) is 1.20. The lowest BCUT2D eigenvalue weighted by molar-refractivity contribution is -0.321. The second kappa shape index (κ2) is 11.3. The van der Waals surface area contributed by atoms with Crippen LogP contribution in [0.1, 0.15) is 51.0 Å². The maximum atomic E-state index is 14.7. The van der Waals surface area contributed by atoms with Crippen LogP contribution in [-0.4, -0.2) is 60.0 Å². The van der Waals surface area contributed by atoms with Crippen LogP contribution >= 0.6 is 0 Å². The van der Waals surface area contributed by atoms with Crippen molar-refractivity contribution in [1.82, 2.24) is 16.2 Å². The quantitative estimate of drug-likeness (QED) is 0.433. The molecule has 13 heteroatoms. The molecule has 3 saturated heterocycles. The molecule has 7 nitrogen and oxygen atoms in total. The van der Waals surface area contributed by atoms with Gasteiger partial charge in [0.15, 0.2) is 6.23 Å². The zero-order valence-electron chi connectivity index (χ0n) is 20.3. The van der Waals surface area contributed by atoms with Crippen LogP contribution in [0, 0.1) is 5.92 Å². The second-order valence-electron chi connectivity index (χ2n) is 10.0. The Morgan fingerprint density at radius 1 is 1.00 bits per heavy atom. The van der Waals surface area contributed by atoms with Crippen molar-refractivity contribution in [3.05, 3.63) is 35.9 Å². The Morgan fingerprint density at radius 2 is 1.73 bits per heavy atom. The first-order valence-electron chi connectivity index (χ1n) is 12.5. The molecule has 3 fully saturated rings. The monoisotopic (exact) mass is 541 g/mol. The average molecular weight is 542 g/mol. The molecule has 0 aliphatic carbocycles. The molecule has 4 bridgehead atoms. The lowest BCUT2D eigenvalue weighted by atomic mass is 9.90. The van der Waals surface area contributed by atoms with Crippen LogP contribution in [-0.2, 0) is 20.8 Å². The van der Waals surface area contributed by atoms with Crippen molar-refractivity contribution in [2.75, 3.05) is 0 Å². The van der Waals surface area contributed by atoms with Gasteiger partial charge in [-0.3, -0.25) is 5.32 Å². The third kappa shape index (κ3) is 6.57. The predicted octanol–water partition coefficient (Wildman–Crippen LogP) is 3.88. The van der Waals surface area contributed by atoms with Crippen molar-refractivity contribution in [2.45, 2.75) is 107 Å². The summed E-state index contributed by atoms with van der Waals surface area (Å²) in [6.07, 6.45) is -16.3. The molecule has 0 spiro atoms. The molecular weight excluding hydrogens is 508 g/mol. The highest BCUT2D eigenvalue weighted by Gasteiger charge is 2.63. The molecule has 0 radical (unpaired) electrons. The summed E-state index contributed by atoms with van der Waals surface area (Å²) in [5, 5.41) is 13.2. The van der Waals surface area contributed by atoms with Gasteiger partial charge in [0, 0.05) is 0 Å². The molecule has 3 heterocycles. The highest BCUT2D eigenvalue weighted by Crippen LogP contribution is 2.44. The first kappa shape index (κ1) is 28.5. The van der Waals surface area contributed by atoms with Crippen molar-refractivity contribution in [3.63, 3.8) is 0 Å². The molecule has 1 aromatic carbocycles. The fraction of sp³-hybridized carbons (Fsp3) is 0.750. The van der Waals surface area contributed by atoms with E-state index in [0.29, 0.717) is 5.56 Å². The molecule has 3 aliphatic rings. The molecule has 3 aliphatic heterocycles.